The number of aromatic amines is 1. The van der Waals surface area contributed by atoms with Gasteiger partial charge in [-0.2, -0.15) is 45.5 Å². The van der Waals surface area contributed by atoms with Crippen LogP contribution in [0.1, 0.15) is 59.3 Å². The number of hydrogen-bond donors (Lipinski definition) is 2. The van der Waals surface area contributed by atoms with E-state index in [0.717, 1.165) is 16.1 Å². The fraction of sp³-hybridized carbons (Fsp3) is 0.467. The number of likely N-dealkylation sites (N-methyl/N-ethyl adjacent to an activating group) is 1. The minimum Gasteiger partial charge on any atom is -0.481 e. The van der Waals surface area contributed by atoms with Crippen molar-refractivity contribution >= 4 is 47.0 Å². The summed E-state index contributed by atoms with van der Waals surface area (Å²) in [4.78, 5) is 48.8. The number of esters is 1. The van der Waals surface area contributed by atoms with Crippen molar-refractivity contribution in [2.24, 2.45) is 0 Å². The number of hydrogen-bond acceptors (Lipinski definition) is 11. The molecule has 1 fully saturated rings. The molecule has 2 heterocycles. The summed E-state index contributed by atoms with van der Waals surface area (Å²) in [6.07, 6.45) is -12.8. The number of benzene rings is 1. The third-order valence-corrected chi connectivity index (χ3v) is 8.18. The highest BCUT2D eigenvalue weighted by Crippen LogP contribution is 2.50. The zero-order chi connectivity index (χ0) is 39.5. The summed E-state index contributed by atoms with van der Waals surface area (Å²) < 4.78 is 124. The zero-order valence-electron chi connectivity index (χ0n) is 27.1. The Bertz CT molecular complexity index is 1820. The molecule has 23 heteroatoms. The van der Waals surface area contributed by atoms with Crippen molar-refractivity contribution in [1.29, 1.82) is 5.26 Å². The lowest BCUT2D eigenvalue weighted by Crippen LogP contribution is -2.43. The number of aromatic nitrogens is 2. The van der Waals surface area contributed by atoms with Crippen molar-refractivity contribution in [3.63, 3.8) is 0 Å². The van der Waals surface area contributed by atoms with Crippen molar-refractivity contribution < 1.29 is 73.6 Å². The Balaban J connectivity index is 1.51. The number of rotatable bonds is 14. The Labute approximate surface area is 298 Å². The summed E-state index contributed by atoms with van der Waals surface area (Å²) in [6.45, 7) is -1.55. The first-order chi connectivity index (χ1) is 24.6. The van der Waals surface area contributed by atoms with E-state index in [1.165, 1.54) is 30.3 Å². The maximum absolute atomic E-state index is 14.1. The fourth-order valence-electron chi connectivity index (χ4n) is 4.95. The van der Waals surface area contributed by atoms with E-state index in [2.05, 4.69) is 5.10 Å². The normalized spacial score (nSPS) is 15.7. The summed E-state index contributed by atoms with van der Waals surface area (Å²) in [6, 6.07) is 5.75. The Kier molecular flexibility index (Phi) is 11.8. The van der Waals surface area contributed by atoms with Crippen LogP contribution in [0, 0.1) is 11.3 Å². The number of ether oxygens (including phenoxy) is 3. The van der Waals surface area contributed by atoms with E-state index < -0.39 is 78.0 Å². The van der Waals surface area contributed by atoms with Crippen LogP contribution in [0.25, 0.3) is 5.57 Å². The first-order valence-corrected chi connectivity index (χ1v) is 15.5. The van der Waals surface area contributed by atoms with Crippen molar-refractivity contribution in [1.82, 2.24) is 20.1 Å². The number of H-pyrrole nitrogens is 1. The molecule has 2 N–H and O–H groups in total. The second-order valence-corrected chi connectivity index (χ2v) is 12.0. The average Bonchev–Trinajstić information content (AvgIpc) is 3.54. The first-order valence-electron chi connectivity index (χ1n) is 15.1. The molecule has 1 aliphatic carbocycles. The number of hydrazine groups is 1. The molecule has 4 rings (SSSR count). The Morgan fingerprint density at radius 1 is 1.06 bits per heavy atom. The van der Waals surface area contributed by atoms with E-state index in [4.69, 9.17) is 30.9 Å². The van der Waals surface area contributed by atoms with Crippen LogP contribution >= 0.6 is 11.6 Å². The standard InChI is InChI=1S/C30H27ClF8N6O8/c1-43-12-17(13-45(43)24-22(29(34,35)36)23(41-42-24)28(32,33)30(37,38)39)16-3-4-19(31)18(11-16)25(49)44(27(14-40)7-8-27)15-53-26(50)52-10-2-9-51-21(48)6-5-20(46)47/h3-4,11,13H,2,5-10,12,15H2,1H3,(H,41,42)(H,46,47). The number of amides is 1. The minimum absolute atomic E-state index is 0.0163. The van der Waals surface area contributed by atoms with Gasteiger partial charge in [0.25, 0.3) is 5.91 Å². The lowest BCUT2D eigenvalue weighted by molar-refractivity contribution is -0.292. The van der Waals surface area contributed by atoms with E-state index in [9.17, 15) is 59.6 Å². The minimum atomic E-state index is -6.38. The molecule has 0 bridgehead atoms. The van der Waals surface area contributed by atoms with Crippen molar-refractivity contribution in [3.05, 3.63) is 51.8 Å². The van der Waals surface area contributed by atoms with Crippen LogP contribution in [0.15, 0.2) is 24.4 Å². The van der Waals surface area contributed by atoms with E-state index in [-0.39, 0.29) is 67.2 Å². The van der Waals surface area contributed by atoms with Crippen LogP contribution in [-0.4, -0.2) is 94.5 Å². The highest BCUT2D eigenvalue weighted by Gasteiger charge is 2.63. The molecule has 1 aliphatic heterocycles. The predicted molar refractivity (Wildman–Crippen MR) is 162 cm³/mol. The van der Waals surface area contributed by atoms with Gasteiger partial charge in [0.05, 0.1) is 42.7 Å². The van der Waals surface area contributed by atoms with Crippen LogP contribution in [0.4, 0.5) is 45.7 Å². The Hall–Kier alpha value is -5.17. The van der Waals surface area contributed by atoms with Crippen LogP contribution in [0.3, 0.4) is 0 Å². The van der Waals surface area contributed by atoms with E-state index in [0.29, 0.717) is 5.01 Å². The number of alkyl halides is 8. The fourth-order valence-corrected chi connectivity index (χ4v) is 5.14. The molecule has 0 spiro atoms. The van der Waals surface area contributed by atoms with Gasteiger partial charge in [-0.1, -0.05) is 17.7 Å². The Morgan fingerprint density at radius 3 is 2.30 bits per heavy atom. The van der Waals surface area contributed by atoms with Crippen LogP contribution in [0.2, 0.25) is 5.02 Å². The van der Waals surface area contributed by atoms with Crippen molar-refractivity contribution in [2.45, 2.75) is 55.9 Å². The number of carboxylic acids is 1. The highest BCUT2D eigenvalue weighted by atomic mass is 35.5. The topological polar surface area (TPSA) is 178 Å². The molecule has 0 atom stereocenters. The molecule has 1 aromatic carbocycles. The number of carboxylic acid groups (broad SMARTS) is 1. The second kappa shape index (κ2) is 15.4. The molecule has 53 heavy (non-hydrogen) atoms. The number of halogens is 9. The molecule has 1 saturated carbocycles. The summed E-state index contributed by atoms with van der Waals surface area (Å²) in [7, 11) is 1.19. The molecular formula is C30H27ClF8N6O8. The molecule has 1 amide bonds. The monoisotopic (exact) mass is 786 g/mol. The molecule has 2 aromatic rings. The van der Waals surface area contributed by atoms with Gasteiger partial charge in [0.2, 0.25) is 0 Å². The van der Waals surface area contributed by atoms with Gasteiger partial charge in [-0.25, -0.2) is 9.80 Å². The number of nitrogens with zero attached hydrogens (tertiary/aromatic N) is 5. The summed E-state index contributed by atoms with van der Waals surface area (Å²) in [5.41, 5.74) is -6.24. The highest BCUT2D eigenvalue weighted by molar-refractivity contribution is 6.34. The summed E-state index contributed by atoms with van der Waals surface area (Å²) in [5, 5.41) is 24.2. The number of carbonyl (C=O) groups excluding carboxylic acids is 3. The van der Waals surface area contributed by atoms with Gasteiger partial charge in [0.1, 0.15) is 16.8 Å². The molecule has 0 unspecified atom stereocenters. The van der Waals surface area contributed by atoms with E-state index in [1.54, 1.807) is 0 Å². The van der Waals surface area contributed by atoms with Gasteiger partial charge in [0, 0.05) is 26.2 Å². The number of aliphatic carboxylic acids is 1. The second-order valence-electron chi connectivity index (χ2n) is 11.6. The summed E-state index contributed by atoms with van der Waals surface area (Å²) in [5.74, 6) is -10.1. The maximum atomic E-state index is 14.1. The van der Waals surface area contributed by atoms with Gasteiger partial charge in [0.15, 0.2) is 12.5 Å². The van der Waals surface area contributed by atoms with E-state index in [1.807, 2.05) is 6.07 Å². The first kappa shape index (κ1) is 40.6. The van der Waals surface area contributed by atoms with Crippen LogP contribution < -0.4 is 5.01 Å². The third kappa shape index (κ3) is 9.08. The van der Waals surface area contributed by atoms with Gasteiger partial charge >= 0.3 is 36.4 Å². The predicted octanol–water partition coefficient (Wildman–Crippen LogP) is 5.85. The van der Waals surface area contributed by atoms with Gasteiger partial charge < -0.3 is 19.3 Å². The molecule has 0 saturated heterocycles. The zero-order valence-corrected chi connectivity index (χ0v) is 27.9. The van der Waals surface area contributed by atoms with Crippen molar-refractivity contribution in [2.75, 3.05) is 38.5 Å². The number of nitriles is 1. The number of anilines is 1. The smallest absolute Gasteiger partial charge is 0.481 e. The maximum Gasteiger partial charge on any atom is 0.510 e. The van der Waals surface area contributed by atoms with E-state index >= 15 is 0 Å². The lowest BCUT2D eigenvalue weighted by Gasteiger charge is -2.27. The molecule has 0 radical (unpaired) electrons. The van der Waals surface area contributed by atoms with Gasteiger partial charge in [-0.3, -0.25) is 29.4 Å². The van der Waals surface area contributed by atoms with Crippen molar-refractivity contribution in [3.8, 4) is 6.07 Å². The summed E-state index contributed by atoms with van der Waals surface area (Å²) >= 11 is 6.31. The quantitative estimate of drug-likeness (QED) is 0.101. The largest absolute Gasteiger partial charge is 0.510 e. The number of nitrogens with one attached hydrogen (secondary N) is 1. The van der Waals surface area contributed by atoms with Crippen LogP contribution in [-0.2, 0) is 35.9 Å². The molecule has 14 nitrogen and oxygen atoms in total. The van der Waals surface area contributed by atoms with Crippen LogP contribution in [0.5, 0.6) is 0 Å². The van der Waals surface area contributed by atoms with Gasteiger partial charge in [-0.15, -0.1) is 0 Å². The Morgan fingerprint density at radius 2 is 1.72 bits per heavy atom. The molecule has 2 aliphatic rings. The molecule has 288 valence electrons. The third-order valence-electron chi connectivity index (χ3n) is 7.85. The molecular weight excluding hydrogens is 760 g/mol. The van der Waals surface area contributed by atoms with Gasteiger partial charge in [-0.05, 0) is 36.1 Å². The lowest BCUT2D eigenvalue weighted by atomic mass is 10.0. The SMILES string of the molecule is CN1CC(c2ccc(Cl)c(C(=O)N(COC(=O)OCCCOC(=O)CCC(=O)O)C3(C#N)CC3)c2)=CN1c1n[nH]c(C(F)(F)C(F)(F)F)c1C(F)(F)F. The molecule has 1 aromatic heterocycles. The average molecular weight is 787 g/mol. The number of carbonyl (C=O) groups is 4.